The van der Waals surface area contributed by atoms with Gasteiger partial charge in [-0.3, -0.25) is 9.89 Å². The highest BCUT2D eigenvalue weighted by atomic mass is 32.1. The number of aromatic amines is 1. The zero-order valence-electron chi connectivity index (χ0n) is 11.8. The molecule has 1 amide bonds. The highest BCUT2D eigenvalue weighted by molar-refractivity contribution is 7.22. The predicted molar refractivity (Wildman–Crippen MR) is 89.0 cm³/mol. The first-order valence-corrected chi connectivity index (χ1v) is 7.63. The first-order valence-electron chi connectivity index (χ1n) is 6.81. The van der Waals surface area contributed by atoms with E-state index in [2.05, 4.69) is 32.6 Å². The Morgan fingerprint density at radius 2 is 2.18 bits per heavy atom. The number of benzene rings is 2. The van der Waals surface area contributed by atoms with Crippen LogP contribution >= 0.6 is 11.3 Å². The lowest BCUT2D eigenvalue weighted by Crippen LogP contribution is -2.04. The van der Waals surface area contributed by atoms with Gasteiger partial charge in [0.05, 0.1) is 21.9 Å². The Labute approximate surface area is 130 Å². The van der Waals surface area contributed by atoms with E-state index in [-0.39, 0.29) is 5.91 Å². The topological polar surface area (TPSA) is 70.7 Å². The van der Waals surface area contributed by atoms with Crippen molar-refractivity contribution < 1.29 is 4.79 Å². The van der Waals surface area contributed by atoms with E-state index >= 15 is 0 Å². The van der Waals surface area contributed by atoms with E-state index in [4.69, 9.17) is 0 Å². The number of carbonyl (C=O) groups is 1. The Hall–Kier alpha value is -2.73. The summed E-state index contributed by atoms with van der Waals surface area (Å²) in [6.45, 7) is 1.48. The summed E-state index contributed by atoms with van der Waals surface area (Å²) in [6, 6.07) is 12.2. The van der Waals surface area contributed by atoms with E-state index in [1.807, 2.05) is 30.5 Å². The summed E-state index contributed by atoms with van der Waals surface area (Å²) >= 11 is 1.48. The molecule has 0 unspecified atom stereocenters. The molecule has 4 aromatic rings. The Kier molecular flexibility index (Phi) is 2.90. The Morgan fingerprint density at radius 1 is 1.27 bits per heavy atom. The predicted octanol–water partition coefficient (Wildman–Crippen LogP) is 3.80. The van der Waals surface area contributed by atoms with Gasteiger partial charge in [0.15, 0.2) is 5.13 Å². The fourth-order valence-electron chi connectivity index (χ4n) is 2.52. The minimum absolute atomic E-state index is 0.109. The normalized spacial score (nSPS) is 11.1. The van der Waals surface area contributed by atoms with Gasteiger partial charge in [-0.15, -0.1) is 0 Å². The summed E-state index contributed by atoms with van der Waals surface area (Å²) in [7, 11) is 0. The third-order valence-electron chi connectivity index (χ3n) is 3.47. The molecule has 0 radical (unpaired) electrons. The highest BCUT2D eigenvalue weighted by Gasteiger charge is 2.09. The first kappa shape index (κ1) is 13.0. The van der Waals surface area contributed by atoms with Gasteiger partial charge in [-0.2, -0.15) is 5.10 Å². The number of fused-ring (bicyclic) bond motifs is 2. The molecule has 0 spiro atoms. The summed E-state index contributed by atoms with van der Waals surface area (Å²) < 4.78 is 1.04. The molecule has 108 valence electrons. The summed E-state index contributed by atoms with van der Waals surface area (Å²) in [6.07, 6.45) is 1.84. The Bertz CT molecular complexity index is 1000. The number of amides is 1. The number of hydrogen-bond donors (Lipinski definition) is 2. The summed E-state index contributed by atoms with van der Waals surface area (Å²) in [5.74, 6) is -0.109. The largest absolute Gasteiger partial charge is 0.302 e. The fraction of sp³-hybridized carbons (Fsp3) is 0.0625. The second kappa shape index (κ2) is 4.92. The van der Waals surface area contributed by atoms with Crippen LogP contribution in [0.3, 0.4) is 0 Å². The average molecular weight is 308 g/mol. The molecule has 0 aliphatic rings. The maximum Gasteiger partial charge on any atom is 0.223 e. The third kappa shape index (κ3) is 2.14. The molecule has 4 rings (SSSR count). The molecule has 2 aromatic carbocycles. The van der Waals surface area contributed by atoms with Crippen LogP contribution in [0, 0.1) is 0 Å². The van der Waals surface area contributed by atoms with Crippen LogP contribution in [-0.2, 0) is 4.79 Å². The number of thiazole rings is 1. The quantitative estimate of drug-likeness (QED) is 0.591. The highest BCUT2D eigenvalue weighted by Crippen LogP contribution is 2.33. The van der Waals surface area contributed by atoms with Crippen molar-refractivity contribution in [3.63, 3.8) is 0 Å². The van der Waals surface area contributed by atoms with E-state index in [0.717, 1.165) is 32.2 Å². The molecule has 5 nitrogen and oxygen atoms in total. The van der Waals surface area contributed by atoms with Crippen molar-refractivity contribution in [2.24, 2.45) is 0 Å². The van der Waals surface area contributed by atoms with Crippen LogP contribution < -0.4 is 5.32 Å². The van der Waals surface area contributed by atoms with Crippen LogP contribution in [0.1, 0.15) is 6.92 Å². The van der Waals surface area contributed by atoms with E-state index in [1.165, 1.54) is 18.3 Å². The van der Waals surface area contributed by atoms with Crippen molar-refractivity contribution in [1.82, 2.24) is 15.2 Å². The standard InChI is InChI=1S/C16H12N4OS/c1-9(21)18-16-19-14-6-5-10(7-15(14)22-16)11-3-2-4-13-12(11)8-17-20-13/h2-8H,1H3,(H,17,20)(H,18,19,21). The zero-order chi connectivity index (χ0) is 15.1. The van der Waals surface area contributed by atoms with Gasteiger partial charge >= 0.3 is 0 Å². The van der Waals surface area contributed by atoms with Crippen molar-refractivity contribution in [2.45, 2.75) is 6.92 Å². The molecular formula is C16H12N4OS. The van der Waals surface area contributed by atoms with Crippen LogP contribution in [0.4, 0.5) is 5.13 Å². The zero-order valence-corrected chi connectivity index (χ0v) is 12.6. The Morgan fingerprint density at radius 3 is 3.05 bits per heavy atom. The third-order valence-corrected chi connectivity index (χ3v) is 4.40. The minimum Gasteiger partial charge on any atom is -0.302 e. The summed E-state index contributed by atoms with van der Waals surface area (Å²) in [5.41, 5.74) is 4.14. The van der Waals surface area contributed by atoms with Gasteiger partial charge in [0, 0.05) is 12.3 Å². The SMILES string of the molecule is CC(=O)Nc1nc2ccc(-c3cccc4[nH]ncc34)cc2s1. The molecule has 0 aliphatic carbocycles. The van der Waals surface area contributed by atoms with Crippen LogP contribution in [-0.4, -0.2) is 21.1 Å². The Balaban J connectivity index is 1.85. The molecule has 0 aliphatic heterocycles. The van der Waals surface area contributed by atoms with Crippen LogP contribution in [0.25, 0.3) is 32.2 Å². The van der Waals surface area contributed by atoms with Crippen molar-refractivity contribution >= 4 is 43.5 Å². The fourth-order valence-corrected chi connectivity index (χ4v) is 3.47. The monoisotopic (exact) mass is 308 g/mol. The van der Waals surface area contributed by atoms with Crippen LogP contribution in [0.15, 0.2) is 42.6 Å². The molecule has 0 bridgehead atoms. The molecule has 2 N–H and O–H groups in total. The number of aromatic nitrogens is 3. The van der Waals surface area contributed by atoms with Gasteiger partial charge in [-0.1, -0.05) is 29.5 Å². The lowest BCUT2D eigenvalue weighted by Gasteiger charge is -2.03. The number of carbonyl (C=O) groups excluding carboxylic acids is 1. The van der Waals surface area contributed by atoms with E-state index in [1.54, 1.807) is 0 Å². The number of anilines is 1. The smallest absolute Gasteiger partial charge is 0.223 e. The molecule has 6 heteroatoms. The van der Waals surface area contributed by atoms with E-state index in [9.17, 15) is 4.79 Å². The molecule has 0 saturated carbocycles. The minimum atomic E-state index is -0.109. The average Bonchev–Trinajstić information content (AvgIpc) is 3.10. The maximum atomic E-state index is 11.1. The molecule has 0 atom stereocenters. The van der Waals surface area contributed by atoms with Gasteiger partial charge in [-0.25, -0.2) is 4.98 Å². The van der Waals surface area contributed by atoms with E-state index < -0.39 is 0 Å². The van der Waals surface area contributed by atoms with Gasteiger partial charge in [0.25, 0.3) is 0 Å². The lowest BCUT2D eigenvalue weighted by atomic mass is 10.0. The van der Waals surface area contributed by atoms with Crippen LogP contribution in [0.5, 0.6) is 0 Å². The van der Waals surface area contributed by atoms with Crippen molar-refractivity contribution in [3.05, 3.63) is 42.6 Å². The molecular weight excluding hydrogens is 296 g/mol. The van der Waals surface area contributed by atoms with Gasteiger partial charge in [-0.05, 0) is 29.3 Å². The number of H-pyrrole nitrogens is 1. The maximum absolute atomic E-state index is 11.1. The second-order valence-corrected chi connectivity index (χ2v) is 6.05. The van der Waals surface area contributed by atoms with Crippen molar-refractivity contribution in [3.8, 4) is 11.1 Å². The number of nitrogens with one attached hydrogen (secondary N) is 2. The van der Waals surface area contributed by atoms with Gasteiger partial charge in [0.2, 0.25) is 5.91 Å². The van der Waals surface area contributed by atoms with Crippen LogP contribution in [0.2, 0.25) is 0 Å². The molecule has 2 heterocycles. The number of rotatable bonds is 2. The summed E-state index contributed by atoms with van der Waals surface area (Å²) in [5, 5.41) is 11.5. The van der Waals surface area contributed by atoms with Crippen molar-refractivity contribution in [2.75, 3.05) is 5.32 Å². The summed E-state index contributed by atoms with van der Waals surface area (Å²) in [4.78, 5) is 15.5. The molecule has 0 saturated heterocycles. The van der Waals surface area contributed by atoms with Crippen molar-refractivity contribution in [1.29, 1.82) is 0 Å². The van der Waals surface area contributed by atoms with E-state index in [0.29, 0.717) is 5.13 Å². The van der Waals surface area contributed by atoms with Gasteiger partial charge in [0.1, 0.15) is 0 Å². The lowest BCUT2D eigenvalue weighted by molar-refractivity contribution is -0.114. The number of hydrogen-bond acceptors (Lipinski definition) is 4. The second-order valence-electron chi connectivity index (χ2n) is 5.02. The number of nitrogens with zero attached hydrogens (tertiary/aromatic N) is 2. The molecule has 2 aromatic heterocycles. The first-order chi connectivity index (χ1) is 10.7. The molecule has 22 heavy (non-hydrogen) atoms. The molecule has 0 fully saturated rings. The van der Waals surface area contributed by atoms with Gasteiger partial charge < -0.3 is 5.32 Å².